The minimum Gasteiger partial charge on any atom is -0.497 e. The van der Waals surface area contributed by atoms with Crippen molar-refractivity contribution < 1.29 is 19.0 Å². The monoisotopic (exact) mass is 405 g/mol. The molecule has 0 aliphatic rings. The molecule has 0 heterocycles. The Morgan fingerprint density at radius 3 is 1.80 bits per heavy atom. The number of rotatable bonds is 8. The predicted molar refractivity (Wildman–Crippen MR) is 117 cm³/mol. The van der Waals surface area contributed by atoms with Crippen molar-refractivity contribution in [2.45, 2.75) is 19.4 Å². The van der Waals surface area contributed by atoms with E-state index < -0.39 is 0 Å². The third-order valence-electron chi connectivity index (χ3n) is 5.04. The van der Waals surface area contributed by atoms with Crippen LogP contribution in [-0.4, -0.2) is 27.2 Å². The molecule has 0 aliphatic carbocycles. The van der Waals surface area contributed by atoms with E-state index in [1.54, 1.807) is 21.3 Å². The van der Waals surface area contributed by atoms with Crippen molar-refractivity contribution in [3.8, 4) is 17.2 Å². The highest BCUT2D eigenvalue weighted by Crippen LogP contribution is 2.26. The Balaban J connectivity index is 1.84. The number of amides is 1. The maximum Gasteiger partial charge on any atom is 0.225 e. The molecule has 0 unspecified atom stereocenters. The number of aryl methyl sites for hydroxylation is 1. The fourth-order valence-corrected chi connectivity index (χ4v) is 3.32. The Labute approximate surface area is 177 Å². The second-order valence-electron chi connectivity index (χ2n) is 7.03. The van der Waals surface area contributed by atoms with Crippen LogP contribution in [-0.2, 0) is 11.2 Å². The van der Waals surface area contributed by atoms with Gasteiger partial charge in [0.15, 0.2) is 0 Å². The Hall–Kier alpha value is -3.47. The average Bonchev–Trinajstić information content (AvgIpc) is 2.79. The van der Waals surface area contributed by atoms with Crippen LogP contribution in [0.2, 0.25) is 0 Å². The summed E-state index contributed by atoms with van der Waals surface area (Å²) in [6, 6.07) is 20.9. The van der Waals surface area contributed by atoms with E-state index in [2.05, 4.69) is 5.32 Å². The summed E-state index contributed by atoms with van der Waals surface area (Å²) < 4.78 is 15.9. The quantitative estimate of drug-likeness (QED) is 0.601. The molecule has 0 radical (unpaired) electrons. The number of benzene rings is 3. The van der Waals surface area contributed by atoms with Crippen molar-refractivity contribution in [3.05, 3.63) is 89.0 Å². The molecule has 1 amide bonds. The number of hydrogen-bond acceptors (Lipinski definition) is 4. The third-order valence-corrected chi connectivity index (χ3v) is 5.04. The maximum atomic E-state index is 12.9. The van der Waals surface area contributed by atoms with Crippen molar-refractivity contribution in [2.24, 2.45) is 0 Å². The molecule has 3 rings (SSSR count). The summed E-state index contributed by atoms with van der Waals surface area (Å²) in [6.45, 7) is 1.98. The van der Waals surface area contributed by atoms with E-state index in [4.69, 9.17) is 14.2 Å². The number of ether oxygens (including phenoxy) is 3. The van der Waals surface area contributed by atoms with Gasteiger partial charge in [-0.05, 0) is 59.5 Å². The van der Waals surface area contributed by atoms with Gasteiger partial charge in [0.05, 0.1) is 33.8 Å². The molecule has 0 bridgehead atoms. The first-order valence-corrected chi connectivity index (χ1v) is 9.75. The molecule has 0 saturated carbocycles. The topological polar surface area (TPSA) is 56.8 Å². The van der Waals surface area contributed by atoms with E-state index >= 15 is 0 Å². The molecule has 0 saturated heterocycles. The van der Waals surface area contributed by atoms with Crippen LogP contribution < -0.4 is 19.5 Å². The van der Waals surface area contributed by atoms with Crippen LogP contribution in [0, 0.1) is 6.92 Å². The minimum atomic E-state index is -0.290. The summed E-state index contributed by atoms with van der Waals surface area (Å²) in [5.74, 6) is 2.25. The predicted octanol–water partition coefficient (Wildman–Crippen LogP) is 4.47. The Kier molecular flexibility index (Phi) is 6.96. The van der Waals surface area contributed by atoms with E-state index in [-0.39, 0.29) is 18.4 Å². The van der Waals surface area contributed by atoms with Crippen molar-refractivity contribution in [2.75, 3.05) is 21.3 Å². The standard InChI is InChI=1S/C25H27NO4/c1-17-5-6-18(15-23(17)30-4)16-24(27)26-25(19-7-11-21(28-2)12-8-19)20-9-13-22(29-3)14-10-20/h5-15,25H,16H2,1-4H3,(H,26,27). The normalized spacial score (nSPS) is 10.6. The summed E-state index contributed by atoms with van der Waals surface area (Å²) in [6.07, 6.45) is 0.263. The fraction of sp³-hybridized carbons (Fsp3) is 0.240. The van der Waals surface area contributed by atoms with Gasteiger partial charge in [-0.15, -0.1) is 0 Å². The Morgan fingerprint density at radius 1 is 0.800 bits per heavy atom. The first-order chi connectivity index (χ1) is 14.5. The SMILES string of the molecule is COc1ccc(C(NC(=O)Cc2ccc(C)c(OC)c2)c2ccc(OC)cc2)cc1. The van der Waals surface area contributed by atoms with Gasteiger partial charge in [-0.1, -0.05) is 36.4 Å². The van der Waals surface area contributed by atoms with E-state index in [1.807, 2.05) is 73.7 Å². The number of nitrogens with one attached hydrogen (secondary N) is 1. The van der Waals surface area contributed by atoms with Crippen molar-refractivity contribution in [3.63, 3.8) is 0 Å². The van der Waals surface area contributed by atoms with Gasteiger partial charge in [0, 0.05) is 0 Å². The van der Waals surface area contributed by atoms with Crippen LogP contribution in [0.1, 0.15) is 28.3 Å². The van der Waals surface area contributed by atoms with Gasteiger partial charge in [-0.25, -0.2) is 0 Å². The third kappa shape index (κ3) is 5.11. The highest BCUT2D eigenvalue weighted by Gasteiger charge is 2.18. The zero-order chi connectivity index (χ0) is 21.5. The molecule has 3 aromatic carbocycles. The lowest BCUT2D eigenvalue weighted by Crippen LogP contribution is -2.30. The molecular formula is C25H27NO4. The van der Waals surface area contributed by atoms with Crippen LogP contribution in [0.3, 0.4) is 0 Å². The lowest BCUT2D eigenvalue weighted by molar-refractivity contribution is -0.120. The maximum absolute atomic E-state index is 12.9. The average molecular weight is 405 g/mol. The molecule has 156 valence electrons. The van der Waals surface area contributed by atoms with Gasteiger partial charge < -0.3 is 19.5 Å². The fourth-order valence-electron chi connectivity index (χ4n) is 3.32. The van der Waals surface area contributed by atoms with E-state index in [0.717, 1.165) is 39.5 Å². The molecule has 0 fully saturated rings. The molecule has 0 atom stereocenters. The number of hydrogen-bond donors (Lipinski definition) is 1. The lowest BCUT2D eigenvalue weighted by atomic mass is 9.98. The minimum absolute atomic E-state index is 0.0717. The summed E-state index contributed by atoms with van der Waals surface area (Å²) in [5, 5.41) is 3.16. The van der Waals surface area contributed by atoms with E-state index in [0.29, 0.717) is 0 Å². The highest BCUT2D eigenvalue weighted by molar-refractivity contribution is 5.79. The van der Waals surface area contributed by atoms with Crippen LogP contribution >= 0.6 is 0 Å². The Bertz CT molecular complexity index is 934. The summed E-state index contributed by atoms with van der Waals surface area (Å²) in [5.41, 5.74) is 3.88. The summed E-state index contributed by atoms with van der Waals surface area (Å²) in [7, 11) is 4.90. The Morgan fingerprint density at radius 2 is 1.33 bits per heavy atom. The van der Waals surface area contributed by atoms with Crippen LogP contribution in [0.4, 0.5) is 0 Å². The van der Waals surface area contributed by atoms with Gasteiger partial charge in [0.1, 0.15) is 17.2 Å². The zero-order valence-electron chi connectivity index (χ0n) is 17.8. The highest BCUT2D eigenvalue weighted by atomic mass is 16.5. The second-order valence-corrected chi connectivity index (χ2v) is 7.03. The smallest absolute Gasteiger partial charge is 0.225 e. The number of carbonyl (C=O) groups is 1. The second kappa shape index (κ2) is 9.83. The number of methoxy groups -OCH3 is 3. The molecule has 1 N–H and O–H groups in total. The molecule has 30 heavy (non-hydrogen) atoms. The van der Waals surface area contributed by atoms with Crippen molar-refractivity contribution >= 4 is 5.91 Å². The van der Waals surface area contributed by atoms with Crippen LogP contribution in [0.5, 0.6) is 17.2 Å². The van der Waals surface area contributed by atoms with E-state index in [1.165, 1.54) is 0 Å². The molecular weight excluding hydrogens is 378 g/mol. The first-order valence-electron chi connectivity index (χ1n) is 9.75. The molecule has 0 aliphatic heterocycles. The molecule has 5 heteroatoms. The summed E-state index contributed by atoms with van der Waals surface area (Å²) in [4.78, 5) is 12.9. The van der Waals surface area contributed by atoms with Gasteiger partial charge in [-0.2, -0.15) is 0 Å². The van der Waals surface area contributed by atoms with Gasteiger partial charge in [0.2, 0.25) is 5.91 Å². The largest absolute Gasteiger partial charge is 0.497 e. The van der Waals surface area contributed by atoms with Crippen molar-refractivity contribution in [1.29, 1.82) is 0 Å². The molecule has 3 aromatic rings. The molecule has 0 spiro atoms. The van der Waals surface area contributed by atoms with Gasteiger partial charge >= 0.3 is 0 Å². The van der Waals surface area contributed by atoms with Crippen LogP contribution in [0.15, 0.2) is 66.7 Å². The zero-order valence-corrected chi connectivity index (χ0v) is 17.8. The van der Waals surface area contributed by atoms with Gasteiger partial charge in [0.25, 0.3) is 0 Å². The lowest BCUT2D eigenvalue weighted by Gasteiger charge is -2.21. The van der Waals surface area contributed by atoms with Crippen molar-refractivity contribution in [1.82, 2.24) is 5.32 Å². The van der Waals surface area contributed by atoms with E-state index in [9.17, 15) is 4.79 Å². The number of carbonyl (C=O) groups excluding carboxylic acids is 1. The molecule has 0 aromatic heterocycles. The molecule has 5 nitrogen and oxygen atoms in total. The van der Waals surface area contributed by atoms with Gasteiger partial charge in [-0.3, -0.25) is 4.79 Å². The summed E-state index contributed by atoms with van der Waals surface area (Å²) >= 11 is 0. The first kappa shape index (κ1) is 21.2. The van der Waals surface area contributed by atoms with Crippen LogP contribution in [0.25, 0.3) is 0 Å².